The van der Waals surface area contributed by atoms with Crippen LogP contribution in [-0.2, 0) is 14.3 Å². The van der Waals surface area contributed by atoms with E-state index in [9.17, 15) is 9.59 Å². The van der Waals surface area contributed by atoms with E-state index in [1.165, 1.54) is 14.2 Å². The van der Waals surface area contributed by atoms with Crippen LogP contribution in [0, 0.1) is 6.92 Å². The molecule has 1 aromatic rings. The van der Waals surface area contributed by atoms with Crippen molar-refractivity contribution in [3.8, 4) is 0 Å². The number of ether oxygens (including phenoxy) is 2. The van der Waals surface area contributed by atoms with Gasteiger partial charge in [0.2, 0.25) is 0 Å². The number of esters is 1. The molecule has 1 aromatic carbocycles. The lowest BCUT2D eigenvalue weighted by molar-refractivity contribution is -0.143. The van der Waals surface area contributed by atoms with E-state index in [1.807, 2.05) is 13.0 Å². The van der Waals surface area contributed by atoms with Crippen LogP contribution in [-0.4, -0.2) is 38.7 Å². The van der Waals surface area contributed by atoms with Gasteiger partial charge in [0.15, 0.2) is 0 Å². The summed E-state index contributed by atoms with van der Waals surface area (Å²) in [6.45, 7) is 2.27. The Labute approximate surface area is 112 Å². The maximum atomic E-state index is 12.0. The van der Waals surface area contributed by atoms with Crippen molar-refractivity contribution in [1.29, 1.82) is 0 Å². The van der Waals surface area contributed by atoms with E-state index < -0.39 is 12.0 Å². The minimum atomic E-state index is -0.696. The zero-order chi connectivity index (χ0) is 14.3. The maximum absolute atomic E-state index is 12.0. The Morgan fingerprint density at radius 3 is 2.63 bits per heavy atom. The van der Waals surface area contributed by atoms with Crippen molar-refractivity contribution >= 4 is 11.9 Å². The van der Waals surface area contributed by atoms with E-state index in [4.69, 9.17) is 4.74 Å². The third-order valence-corrected chi connectivity index (χ3v) is 2.68. The molecule has 5 nitrogen and oxygen atoms in total. The highest BCUT2D eigenvalue weighted by atomic mass is 16.5. The van der Waals surface area contributed by atoms with E-state index in [2.05, 4.69) is 10.1 Å². The number of hydrogen-bond acceptors (Lipinski definition) is 4. The van der Waals surface area contributed by atoms with E-state index in [0.29, 0.717) is 18.6 Å². The van der Waals surface area contributed by atoms with Gasteiger partial charge in [0.05, 0.1) is 7.11 Å². The number of carbonyl (C=O) groups excluding carboxylic acids is 2. The molecule has 0 aliphatic rings. The minimum absolute atomic E-state index is 0.296. The van der Waals surface area contributed by atoms with Crippen LogP contribution in [0.4, 0.5) is 0 Å². The zero-order valence-corrected chi connectivity index (χ0v) is 11.4. The molecular formula is C14H19NO4. The molecule has 0 saturated carbocycles. The number of rotatable bonds is 6. The summed E-state index contributed by atoms with van der Waals surface area (Å²) < 4.78 is 9.57. The first-order valence-corrected chi connectivity index (χ1v) is 6.02. The van der Waals surface area contributed by atoms with Crippen molar-refractivity contribution in [2.24, 2.45) is 0 Å². The van der Waals surface area contributed by atoms with Crippen molar-refractivity contribution in [1.82, 2.24) is 5.32 Å². The van der Waals surface area contributed by atoms with Crippen LogP contribution in [0.2, 0.25) is 0 Å². The SMILES string of the molecule is COCC[C@H](NC(=O)c1cccc(C)c1)C(=O)OC. The quantitative estimate of drug-likeness (QED) is 0.787. The third-order valence-electron chi connectivity index (χ3n) is 2.68. The van der Waals surface area contributed by atoms with Crippen LogP contribution in [0.3, 0.4) is 0 Å². The fourth-order valence-corrected chi connectivity index (χ4v) is 1.65. The minimum Gasteiger partial charge on any atom is -0.467 e. The van der Waals surface area contributed by atoms with Crippen molar-refractivity contribution in [3.63, 3.8) is 0 Å². The lowest BCUT2D eigenvalue weighted by atomic mass is 10.1. The Bertz CT molecular complexity index is 445. The van der Waals surface area contributed by atoms with Crippen LogP contribution in [0.5, 0.6) is 0 Å². The summed E-state index contributed by atoms with van der Waals surface area (Å²) in [4.78, 5) is 23.6. The van der Waals surface area contributed by atoms with Crippen molar-refractivity contribution in [2.75, 3.05) is 20.8 Å². The van der Waals surface area contributed by atoms with Gasteiger partial charge in [0, 0.05) is 25.7 Å². The zero-order valence-electron chi connectivity index (χ0n) is 11.4. The van der Waals surface area contributed by atoms with Gasteiger partial charge in [-0.25, -0.2) is 4.79 Å². The molecule has 1 rings (SSSR count). The first kappa shape index (κ1) is 15.2. The lowest BCUT2D eigenvalue weighted by Gasteiger charge is -2.16. The van der Waals surface area contributed by atoms with Crippen LogP contribution >= 0.6 is 0 Å². The van der Waals surface area contributed by atoms with Gasteiger partial charge in [0.1, 0.15) is 6.04 Å². The van der Waals surface area contributed by atoms with Crippen molar-refractivity contribution in [2.45, 2.75) is 19.4 Å². The molecule has 0 heterocycles. The summed E-state index contributed by atoms with van der Waals surface area (Å²) in [5.74, 6) is -0.770. The molecule has 1 atom stereocenters. The molecule has 0 saturated heterocycles. The van der Waals surface area contributed by atoms with Gasteiger partial charge in [-0.05, 0) is 19.1 Å². The molecule has 0 bridgehead atoms. The molecular weight excluding hydrogens is 246 g/mol. The molecule has 0 fully saturated rings. The van der Waals surface area contributed by atoms with Gasteiger partial charge in [-0.3, -0.25) is 4.79 Å². The second-order valence-electron chi connectivity index (χ2n) is 4.20. The summed E-state index contributed by atoms with van der Waals surface area (Å²) in [5, 5.41) is 2.65. The smallest absolute Gasteiger partial charge is 0.328 e. The summed E-state index contributed by atoms with van der Waals surface area (Å²) in [7, 11) is 2.83. The summed E-state index contributed by atoms with van der Waals surface area (Å²) in [5.41, 5.74) is 1.51. The molecule has 19 heavy (non-hydrogen) atoms. The standard InChI is InChI=1S/C14H19NO4/c1-10-5-4-6-11(9-10)13(16)15-12(7-8-18-2)14(17)19-3/h4-6,9,12H,7-8H2,1-3H3,(H,15,16)/t12-/m0/s1. The Morgan fingerprint density at radius 2 is 2.05 bits per heavy atom. The fourth-order valence-electron chi connectivity index (χ4n) is 1.65. The van der Waals surface area contributed by atoms with E-state index in [1.54, 1.807) is 18.2 Å². The Morgan fingerprint density at radius 1 is 1.32 bits per heavy atom. The number of carbonyl (C=O) groups is 2. The first-order valence-electron chi connectivity index (χ1n) is 6.02. The molecule has 0 radical (unpaired) electrons. The molecule has 0 aromatic heterocycles. The lowest BCUT2D eigenvalue weighted by Crippen LogP contribution is -2.42. The van der Waals surface area contributed by atoms with Crippen molar-refractivity contribution in [3.05, 3.63) is 35.4 Å². The highest BCUT2D eigenvalue weighted by molar-refractivity contribution is 5.96. The van der Waals surface area contributed by atoms with Crippen molar-refractivity contribution < 1.29 is 19.1 Å². The molecule has 5 heteroatoms. The van der Waals surface area contributed by atoms with E-state index >= 15 is 0 Å². The Balaban J connectivity index is 2.72. The summed E-state index contributed by atoms with van der Waals surface area (Å²) >= 11 is 0. The van der Waals surface area contributed by atoms with Crippen LogP contribution in [0.1, 0.15) is 22.3 Å². The second kappa shape index (κ2) is 7.53. The average Bonchev–Trinajstić information content (AvgIpc) is 2.42. The number of aryl methyl sites for hydroxylation is 1. The molecule has 1 N–H and O–H groups in total. The fraction of sp³-hybridized carbons (Fsp3) is 0.429. The molecule has 0 unspecified atom stereocenters. The number of hydrogen-bond donors (Lipinski definition) is 1. The maximum Gasteiger partial charge on any atom is 0.328 e. The van der Waals surface area contributed by atoms with Gasteiger partial charge in [-0.15, -0.1) is 0 Å². The monoisotopic (exact) mass is 265 g/mol. The van der Waals surface area contributed by atoms with Gasteiger partial charge in [0.25, 0.3) is 5.91 Å². The number of amides is 1. The topological polar surface area (TPSA) is 64.6 Å². The largest absolute Gasteiger partial charge is 0.467 e. The van der Waals surface area contributed by atoms with E-state index in [0.717, 1.165) is 5.56 Å². The third kappa shape index (κ3) is 4.71. The highest BCUT2D eigenvalue weighted by Gasteiger charge is 2.21. The molecule has 104 valence electrons. The predicted molar refractivity (Wildman–Crippen MR) is 70.9 cm³/mol. The van der Waals surface area contributed by atoms with Crippen LogP contribution in [0.25, 0.3) is 0 Å². The van der Waals surface area contributed by atoms with Gasteiger partial charge < -0.3 is 14.8 Å². The number of methoxy groups -OCH3 is 2. The average molecular weight is 265 g/mol. The normalized spacial score (nSPS) is 11.7. The number of benzene rings is 1. The van der Waals surface area contributed by atoms with Crippen LogP contribution < -0.4 is 5.32 Å². The van der Waals surface area contributed by atoms with Gasteiger partial charge >= 0.3 is 5.97 Å². The molecule has 0 spiro atoms. The molecule has 0 aliphatic carbocycles. The predicted octanol–water partition coefficient (Wildman–Crippen LogP) is 1.30. The Kier molecular flexibility index (Phi) is 6.02. The van der Waals surface area contributed by atoms with Gasteiger partial charge in [-0.2, -0.15) is 0 Å². The van der Waals surface area contributed by atoms with Gasteiger partial charge in [-0.1, -0.05) is 17.7 Å². The molecule has 0 aliphatic heterocycles. The first-order chi connectivity index (χ1) is 9.08. The van der Waals surface area contributed by atoms with E-state index in [-0.39, 0.29) is 5.91 Å². The number of nitrogens with one attached hydrogen (secondary N) is 1. The summed E-state index contributed by atoms with van der Waals surface area (Å²) in [6, 6.07) is 6.47. The second-order valence-corrected chi connectivity index (χ2v) is 4.20. The Hall–Kier alpha value is -1.88. The van der Waals surface area contributed by atoms with Crippen LogP contribution in [0.15, 0.2) is 24.3 Å². The summed E-state index contributed by atoms with van der Waals surface area (Å²) in [6.07, 6.45) is 0.376. The molecule has 1 amide bonds. The highest BCUT2D eigenvalue weighted by Crippen LogP contribution is 2.05.